The Hall–Kier alpha value is -0.510. The molecule has 0 aliphatic carbocycles. The van der Waals surface area contributed by atoms with E-state index in [1.165, 1.54) is 43.9 Å². The van der Waals surface area contributed by atoms with Crippen LogP contribution >= 0.6 is 11.8 Å². The zero-order valence-corrected chi connectivity index (χ0v) is 14.4. The van der Waals surface area contributed by atoms with Gasteiger partial charge in [-0.25, -0.2) is 0 Å². The molecule has 0 saturated carbocycles. The Kier molecular flexibility index (Phi) is 15.5. The summed E-state index contributed by atoms with van der Waals surface area (Å²) in [5.41, 5.74) is 0. The van der Waals surface area contributed by atoms with Gasteiger partial charge in [-0.05, 0) is 19.3 Å². The Balaban J connectivity index is 3.09. The quantitative estimate of drug-likeness (QED) is 0.410. The molecule has 0 radical (unpaired) electrons. The summed E-state index contributed by atoms with van der Waals surface area (Å²) in [6.45, 7) is 2.12. The Bertz CT molecular complexity index is 267. The van der Waals surface area contributed by atoms with Crippen molar-refractivity contribution < 1.29 is 14.7 Å². The van der Waals surface area contributed by atoms with Crippen LogP contribution in [0.1, 0.15) is 90.4 Å². The number of rotatable bonds is 15. The van der Waals surface area contributed by atoms with Gasteiger partial charge >= 0.3 is 5.97 Å². The van der Waals surface area contributed by atoms with Gasteiger partial charge in [-0.15, -0.1) is 0 Å². The topological polar surface area (TPSA) is 54.4 Å². The Labute approximate surface area is 134 Å². The highest BCUT2D eigenvalue weighted by atomic mass is 32.2. The molecule has 0 aromatic heterocycles. The van der Waals surface area contributed by atoms with E-state index in [-0.39, 0.29) is 0 Å². The van der Waals surface area contributed by atoms with Crippen molar-refractivity contribution >= 4 is 22.8 Å². The van der Waals surface area contributed by atoms with Crippen molar-refractivity contribution in [3.8, 4) is 0 Å². The minimum atomic E-state index is -0.680. The lowest BCUT2D eigenvalue weighted by Crippen LogP contribution is -1.93. The lowest BCUT2D eigenvalue weighted by molar-refractivity contribution is -0.137. The number of hydrogen-bond donors (Lipinski definition) is 1. The Morgan fingerprint density at radius 3 is 1.81 bits per heavy atom. The van der Waals surface area contributed by atoms with Gasteiger partial charge in [-0.2, -0.15) is 0 Å². The monoisotopic (exact) mass is 316 g/mol. The molecule has 4 heteroatoms. The average Bonchev–Trinajstić information content (AvgIpc) is 2.45. The molecule has 0 saturated heterocycles. The summed E-state index contributed by atoms with van der Waals surface area (Å²) in [4.78, 5) is 21.8. The Morgan fingerprint density at radius 1 is 0.762 bits per heavy atom. The lowest BCUT2D eigenvalue weighted by atomic mass is 10.1. The number of carboxylic acids is 1. The van der Waals surface area contributed by atoms with Crippen LogP contribution in [0.25, 0.3) is 0 Å². The molecule has 0 heterocycles. The van der Waals surface area contributed by atoms with Gasteiger partial charge in [0.25, 0.3) is 0 Å². The van der Waals surface area contributed by atoms with E-state index in [4.69, 9.17) is 5.11 Å². The molecule has 0 aliphatic rings. The number of unbranched alkanes of at least 4 members (excludes halogenated alkanes) is 9. The first-order valence-corrected chi connectivity index (χ1v) is 9.52. The third-order valence-corrected chi connectivity index (χ3v) is 4.55. The van der Waals surface area contributed by atoms with E-state index in [0.717, 1.165) is 50.7 Å². The SMILES string of the molecule is CCCCC(=O)SCCCCCCCCCCCC(=O)O. The van der Waals surface area contributed by atoms with E-state index in [1.807, 2.05) is 0 Å². The second-order valence-corrected chi connectivity index (χ2v) is 6.80. The molecule has 0 fully saturated rings. The number of carbonyl (C=O) groups is 2. The minimum Gasteiger partial charge on any atom is -0.481 e. The fourth-order valence-electron chi connectivity index (χ4n) is 2.20. The largest absolute Gasteiger partial charge is 0.481 e. The van der Waals surface area contributed by atoms with Gasteiger partial charge in [-0.3, -0.25) is 9.59 Å². The minimum absolute atomic E-state index is 0.314. The molecular formula is C17H32O3S. The molecule has 0 aromatic rings. The smallest absolute Gasteiger partial charge is 0.303 e. The second kappa shape index (κ2) is 15.9. The van der Waals surface area contributed by atoms with Gasteiger partial charge in [0.15, 0.2) is 5.12 Å². The molecule has 124 valence electrons. The number of thioether (sulfide) groups is 1. The molecule has 0 amide bonds. The predicted octanol–water partition coefficient (Wildman–Crippen LogP) is 5.42. The van der Waals surface area contributed by atoms with Crippen molar-refractivity contribution in [2.75, 3.05) is 5.75 Å². The van der Waals surface area contributed by atoms with E-state index in [1.54, 1.807) is 0 Å². The normalized spacial score (nSPS) is 10.7. The van der Waals surface area contributed by atoms with Gasteiger partial charge in [0.1, 0.15) is 0 Å². The molecular weight excluding hydrogens is 284 g/mol. The summed E-state index contributed by atoms with van der Waals surface area (Å²) in [6, 6.07) is 0. The van der Waals surface area contributed by atoms with Crippen LogP contribution in [0.5, 0.6) is 0 Å². The number of carboxylic acid groups (broad SMARTS) is 1. The van der Waals surface area contributed by atoms with Crippen LogP contribution in [0, 0.1) is 0 Å². The summed E-state index contributed by atoms with van der Waals surface area (Å²) in [6.07, 6.45) is 13.6. The standard InChI is InChI=1S/C17H32O3S/c1-2-3-14-17(20)21-15-12-10-8-6-4-5-7-9-11-13-16(18)19/h2-15H2,1H3,(H,18,19). The molecule has 3 nitrogen and oxygen atoms in total. The first kappa shape index (κ1) is 20.5. The molecule has 0 aliphatic heterocycles. The van der Waals surface area contributed by atoms with Crippen molar-refractivity contribution in [3.63, 3.8) is 0 Å². The number of carbonyl (C=O) groups excluding carboxylic acids is 1. The zero-order valence-electron chi connectivity index (χ0n) is 13.6. The van der Waals surface area contributed by atoms with E-state index in [9.17, 15) is 9.59 Å². The summed E-state index contributed by atoms with van der Waals surface area (Å²) in [5.74, 6) is 0.304. The van der Waals surface area contributed by atoms with Crippen LogP contribution in [0.3, 0.4) is 0 Å². The van der Waals surface area contributed by atoms with Crippen molar-refractivity contribution in [1.82, 2.24) is 0 Å². The van der Waals surface area contributed by atoms with Crippen LogP contribution in [0.2, 0.25) is 0 Å². The molecule has 0 bridgehead atoms. The first-order chi connectivity index (χ1) is 10.2. The maximum absolute atomic E-state index is 11.4. The van der Waals surface area contributed by atoms with Gasteiger partial charge in [0.05, 0.1) is 0 Å². The molecule has 0 spiro atoms. The van der Waals surface area contributed by atoms with E-state index in [2.05, 4.69) is 6.92 Å². The highest BCUT2D eigenvalue weighted by molar-refractivity contribution is 8.13. The maximum Gasteiger partial charge on any atom is 0.303 e. The van der Waals surface area contributed by atoms with Crippen molar-refractivity contribution in [3.05, 3.63) is 0 Å². The average molecular weight is 317 g/mol. The molecule has 0 aromatic carbocycles. The molecule has 0 rings (SSSR count). The van der Waals surface area contributed by atoms with Gasteiger partial charge in [0.2, 0.25) is 0 Å². The lowest BCUT2D eigenvalue weighted by Gasteiger charge is -2.02. The van der Waals surface area contributed by atoms with Crippen molar-refractivity contribution in [1.29, 1.82) is 0 Å². The van der Waals surface area contributed by atoms with E-state index < -0.39 is 5.97 Å². The molecule has 1 N–H and O–H groups in total. The second-order valence-electron chi connectivity index (χ2n) is 5.65. The predicted molar refractivity (Wildman–Crippen MR) is 90.8 cm³/mol. The highest BCUT2D eigenvalue weighted by Gasteiger charge is 2.01. The van der Waals surface area contributed by atoms with Gasteiger partial charge < -0.3 is 5.11 Å². The third kappa shape index (κ3) is 17.4. The van der Waals surface area contributed by atoms with Crippen LogP contribution in [0.15, 0.2) is 0 Å². The fourth-order valence-corrected chi connectivity index (χ4v) is 3.06. The van der Waals surface area contributed by atoms with E-state index in [0.29, 0.717) is 11.5 Å². The first-order valence-electron chi connectivity index (χ1n) is 8.54. The summed E-state index contributed by atoms with van der Waals surface area (Å²) >= 11 is 1.51. The van der Waals surface area contributed by atoms with Crippen molar-refractivity contribution in [2.45, 2.75) is 90.4 Å². The fraction of sp³-hybridized carbons (Fsp3) is 0.882. The number of aliphatic carboxylic acids is 1. The maximum atomic E-state index is 11.4. The molecule has 0 unspecified atom stereocenters. The van der Waals surface area contributed by atoms with Crippen LogP contribution in [0.4, 0.5) is 0 Å². The summed E-state index contributed by atoms with van der Waals surface area (Å²) in [5, 5.41) is 8.87. The third-order valence-electron chi connectivity index (χ3n) is 3.53. The summed E-state index contributed by atoms with van der Waals surface area (Å²) < 4.78 is 0. The number of hydrogen-bond acceptors (Lipinski definition) is 3. The van der Waals surface area contributed by atoms with Gasteiger partial charge in [-0.1, -0.05) is 70.1 Å². The highest BCUT2D eigenvalue weighted by Crippen LogP contribution is 2.14. The zero-order chi connectivity index (χ0) is 15.8. The van der Waals surface area contributed by atoms with E-state index >= 15 is 0 Å². The summed E-state index contributed by atoms with van der Waals surface area (Å²) in [7, 11) is 0. The Morgan fingerprint density at radius 2 is 1.29 bits per heavy atom. The van der Waals surface area contributed by atoms with Crippen LogP contribution in [-0.2, 0) is 9.59 Å². The van der Waals surface area contributed by atoms with Crippen LogP contribution in [-0.4, -0.2) is 21.9 Å². The molecule has 0 atom stereocenters. The van der Waals surface area contributed by atoms with Crippen LogP contribution < -0.4 is 0 Å². The molecule has 21 heavy (non-hydrogen) atoms. The van der Waals surface area contributed by atoms with Crippen molar-refractivity contribution in [2.24, 2.45) is 0 Å². The van der Waals surface area contributed by atoms with Gasteiger partial charge in [0, 0.05) is 18.6 Å².